The molecule has 0 aliphatic heterocycles. The van der Waals surface area contributed by atoms with Crippen LogP contribution in [0.1, 0.15) is 0 Å². The molecule has 0 radical (unpaired) electrons. The van der Waals surface area contributed by atoms with Gasteiger partial charge in [0.1, 0.15) is 18.1 Å². The molecule has 92 valence electrons. The number of oxazole rings is 1. The average molecular weight is 353 g/mol. The number of anilines is 1. The van der Waals surface area contributed by atoms with Crippen molar-refractivity contribution in [2.24, 2.45) is 7.05 Å². The van der Waals surface area contributed by atoms with Crippen LogP contribution in [0.25, 0.3) is 22.6 Å². The third-order valence-electron chi connectivity index (χ3n) is 2.60. The van der Waals surface area contributed by atoms with Gasteiger partial charge >= 0.3 is 0 Å². The van der Waals surface area contributed by atoms with E-state index in [-0.39, 0.29) is 24.0 Å². The van der Waals surface area contributed by atoms with Gasteiger partial charge in [-0.3, -0.25) is 0 Å². The molecule has 0 unspecified atom stereocenters. The molecule has 0 spiro atoms. The molecule has 0 amide bonds. The largest absolute Gasteiger partial charge is 1.00 e. The van der Waals surface area contributed by atoms with Crippen LogP contribution in [-0.2, 0) is 7.05 Å². The van der Waals surface area contributed by atoms with E-state index in [9.17, 15) is 0 Å². The fourth-order valence-electron chi connectivity index (χ4n) is 1.78. The third kappa shape index (κ3) is 2.31. The standard InChI is InChI=1S/C13H12N3O.HI/c1-16-6-2-3-9(8-16)13-15-11-7-10(14)4-5-12(11)17-13;/h2-8H,14H2,1H3;1H/q+1;/p-1. The molecule has 3 rings (SSSR count). The highest BCUT2D eigenvalue weighted by Crippen LogP contribution is 2.24. The number of aryl methyl sites for hydroxylation is 1. The lowest BCUT2D eigenvalue weighted by Gasteiger charge is -1.91. The molecule has 0 fully saturated rings. The summed E-state index contributed by atoms with van der Waals surface area (Å²) >= 11 is 0. The second-order valence-corrected chi connectivity index (χ2v) is 4.00. The Balaban J connectivity index is 0.00000120. The fraction of sp³-hybridized carbons (Fsp3) is 0.0769. The summed E-state index contributed by atoms with van der Waals surface area (Å²) in [6, 6.07) is 9.38. The Morgan fingerprint density at radius 1 is 1.28 bits per heavy atom. The summed E-state index contributed by atoms with van der Waals surface area (Å²) in [4.78, 5) is 4.42. The van der Waals surface area contributed by atoms with Crippen LogP contribution in [0.5, 0.6) is 0 Å². The zero-order valence-corrected chi connectivity index (χ0v) is 12.0. The molecule has 0 saturated carbocycles. The van der Waals surface area contributed by atoms with E-state index in [0.717, 1.165) is 16.7 Å². The SMILES string of the molecule is C[n+]1cccc(-c2nc3cc(N)ccc3o2)c1.[I-]. The zero-order chi connectivity index (χ0) is 11.8. The van der Waals surface area contributed by atoms with Crippen molar-refractivity contribution in [3.63, 3.8) is 0 Å². The summed E-state index contributed by atoms with van der Waals surface area (Å²) in [6.07, 6.45) is 3.93. The minimum Gasteiger partial charge on any atom is -1.00 e. The number of hydrogen-bond donors (Lipinski definition) is 1. The van der Waals surface area contributed by atoms with Gasteiger partial charge in [0.2, 0.25) is 5.89 Å². The van der Waals surface area contributed by atoms with Crippen LogP contribution in [0.15, 0.2) is 47.1 Å². The smallest absolute Gasteiger partial charge is 0.233 e. The number of rotatable bonds is 1. The average Bonchev–Trinajstić information content (AvgIpc) is 2.72. The highest BCUT2D eigenvalue weighted by molar-refractivity contribution is 5.79. The number of nitrogens with zero attached hydrogens (tertiary/aromatic N) is 2. The van der Waals surface area contributed by atoms with Crippen LogP contribution in [-0.4, -0.2) is 4.98 Å². The molecule has 0 aliphatic carbocycles. The molecule has 3 aromatic rings. The first kappa shape index (κ1) is 12.8. The van der Waals surface area contributed by atoms with Gasteiger partial charge in [0.05, 0.1) is 0 Å². The Hall–Kier alpha value is -1.63. The van der Waals surface area contributed by atoms with E-state index in [1.807, 2.05) is 54.3 Å². The maximum absolute atomic E-state index is 5.71. The summed E-state index contributed by atoms with van der Waals surface area (Å²) in [5, 5.41) is 0. The lowest BCUT2D eigenvalue weighted by molar-refractivity contribution is -0.671. The van der Waals surface area contributed by atoms with Gasteiger partial charge in [-0.1, -0.05) is 0 Å². The highest BCUT2D eigenvalue weighted by atomic mass is 127. The van der Waals surface area contributed by atoms with Crippen molar-refractivity contribution < 1.29 is 33.0 Å². The number of nitrogen functional groups attached to an aromatic ring is 1. The summed E-state index contributed by atoms with van der Waals surface area (Å²) in [5.74, 6) is 0.613. The number of nitrogens with two attached hydrogens (primary N) is 1. The monoisotopic (exact) mass is 353 g/mol. The predicted molar refractivity (Wildman–Crippen MR) is 65.0 cm³/mol. The van der Waals surface area contributed by atoms with Gasteiger partial charge in [0.15, 0.2) is 18.0 Å². The van der Waals surface area contributed by atoms with Gasteiger partial charge in [-0.2, -0.15) is 0 Å². The zero-order valence-electron chi connectivity index (χ0n) is 9.80. The van der Waals surface area contributed by atoms with Crippen molar-refractivity contribution in [3.8, 4) is 11.5 Å². The topological polar surface area (TPSA) is 55.9 Å². The second kappa shape index (κ2) is 4.93. The van der Waals surface area contributed by atoms with Gasteiger partial charge < -0.3 is 34.1 Å². The molecular formula is C13H12IN3O. The van der Waals surface area contributed by atoms with Crippen molar-refractivity contribution in [2.75, 3.05) is 5.73 Å². The molecule has 0 atom stereocenters. The Labute approximate surface area is 121 Å². The molecule has 4 nitrogen and oxygen atoms in total. The molecule has 2 aromatic heterocycles. The van der Waals surface area contributed by atoms with E-state index in [2.05, 4.69) is 4.98 Å². The van der Waals surface area contributed by atoms with E-state index < -0.39 is 0 Å². The van der Waals surface area contributed by atoms with E-state index >= 15 is 0 Å². The van der Waals surface area contributed by atoms with Gasteiger partial charge in [-0.25, -0.2) is 9.55 Å². The van der Waals surface area contributed by atoms with Crippen LogP contribution < -0.4 is 34.3 Å². The maximum atomic E-state index is 5.71. The summed E-state index contributed by atoms with van der Waals surface area (Å²) in [6.45, 7) is 0. The molecule has 0 saturated heterocycles. The van der Waals surface area contributed by atoms with Crippen molar-refractivity contribution in [1.29, 1.82) is 0 Å². The molecular weight excluding hydrogens is 341 g/mol. The first-order chi connectivity index (χ1) is 8.22. The van der Waals surface area contributed by atoms with Gasteiger partial charge in [-0.15, -0.1) is 0 Å². The fourth-order valence-corrected chi connectivity index (χ4v) is 1.78. The van der Waals surface area contributed by atoms with Crippen LogP contribution in [0, 0.1) is 0 Å². The quantitative estimate of drug-likeness (QED) is 0.344. The third-order valence-corrected chi connectivity index (χ3v) is 2.60. The Kier molecular flexibility index (Phi) is 3.51. The Bertz CT molecular complexity index is 694. The predicted octanol–water partition coefficient (Wildman–Crippen LogP) is -1.09. The highest BCUT2D eigenvalue weighted by Gasteiger charge is 2.10. The number of benzene rings is 1. The molecule has 2 heterocycles. The first-order valence-electron chi connectivity index (χ1n) is 5.34. The number of pyridine rings is 1. The van der Waals surface area contributed by atoms with Gasteiger partial charge in [0.25, 0.3) is 0 Å². The van der Waals surface area contributed by atoms with Gasteiger partial charge in [-0.05, 0) is 24.3 Å². The van der Waals surface area contributed by atoms with Crippen molar-refractivity contribution in [1.82, 2.24) is 4.98 Å². The number of aromatic nitrogens is 2. The van der Waals surface area contributed by atoms with E-state index in [1.165, 1.54) is 0 Å². The van der Waals surface area contributed by atoms with E-state index in [4.69, 9.17) is 10.2 Å². The lowest BCUT2D eigenvalue weighted by Crippen LogP contribution is -3.00. The van der Waals surface area contributed by atoms with Crippen molar-refractivity contribution >= 4 is 16.8 Å². The number of hydrogen-bond acceptors (Lipinski definition) is 3. The molecule has 18 heavy (non-hydrogen) atoms. The summed E-state index contributed by atoms with van der Waals surface area (Å²) in [5.41, 5.74) is 8.88. The molecule has 0 aliphatic rings. The summed E-state index contributed by atoms with van der Waals surface area (Å²) < 4.78 is 7.64. The Morgan fingerprint density at radius 3 is 2.89 bits per heavy atom. The number of fused-ring (bicyclic) bond motifs is 1. The van der Waals surface area contributed by atoms with Crippen LogP contribution in [0.4, 0.5) is 5.69 Å². The first-order valence-corrected chi connectivity index (χ1v) is 5.34. The number of halogens is 1. The van der Waals surface area contributed by atoms with E-state index in [0.29, 0.717) is 11.6 Å². The second-order valence-electron chi connectivity index (χ2n) is 4.00. The minimum atomic E-state index is 0. The Morgan fingerprint density at radius 2 is 2.11 bits per heavy atom. The molecule has 1 aromatic carbocycles. The molecule has 5 heteroatoms. The maximum Gasteiger partial charge on any atom is 0.233 e. The van der Waals surface area contributed by atoms with Crippen LogP contribution in [0.2, 0.25) is 0 Å². The van der Waals surface area contributed by atoms with Crippen molar-refractivity contribution in [2.45, 2.75) is 0 Å². The van der Waals surface area contributed by atoms with Crippen LogP contribution in [0.3, 0.4) is 0 Å². The summed E-state index contributed by atoms with van der Waals surface area (Å²) in [7, 11) is 1.96. The van der Waals surface area contributed by atoms with Crippen molar-refractivity contribution in [3.05, 3.63) is 42.7 Å². The molecule has 2 N–H and O–H groups in total. The van der Waals surface area contributed by atoms with Gasteiger partial charge in [0, 0.05) is 11.8 Å². The normalized spacial score (nSPS) is 10.3. The minimum absolute atomic E-state index is 0. The molecule has 0 bridgehead atoms. The van der Waals surface area contributed by atoms with Crippen LogP contribution >= 0.6 is 0 Å². The van der Waals surface area contributed by atoms with E-state index in [1.54, 1.807) is 0 Å². The lowest BCUT2D eigenvalue weighted by atomic mass is 10.3.